The number of ether oxygens (including phenoxy) is 1. The van der Waals surface area contributed by atoms with E-state index in [0.717, 1.165) is 27.9 Å². The molecule has 1 aliphatic heterocycles. The minimum absolute atomic E-state index is 0. The monoisotopic (exact) mass is 473 g/mol. The van der Waals surface area contributed by atoms with Crippen molar-refractivity contribution in [3.63, 3.8) is 0 Å². The smallest absolute Gasteiger partial charge is 0.182 e. The Morgan fingerprint density at radius 1 is 1.12 bits per heavy atom. The maximum Gasteiger partial charge on any atom is 0.182 e. The largest absolute Gasteiger partial charge is 0.507 e. The number of Topliss-reactive ketones (excluding diaryl/α,β-unsaturated/α-hetero) is 1. The Balaban J connectivity index is 0.00000385. The van der Waals surface area contributed by atoms with Gasteiger partial charge in [-0.15, -0.1) is 12.4 Å². The van der Waals surface area contributed by atoms with E-state index in [9.17, 15) is 9.90 Å². The van der Waals surface area contributed by atoms with Crippen molar-refractivity contribution in [3.05, 3.63) is 57.4 Å². The molecule has 1 aromatic heterocycles. The third kappa shape index (κ3) is 5.39. The molecule has 0 saturated heterocycles. The van der Waals surface area contributed by atoms with Crippen LogP contribution >= 0.6 is 12.4 Å². The van der Waals surface area contributed by atoms with Crippen molar-refractivity contribution in [3.8, 4) is 5.75 Å². The Labute approximate surface area is 203 Å². The predicted molar refractivity (Wildman–Crippen MR) is 134 cm³/mol. The molecule has 0 atom stereocenters. The lowest BCUT2D eigenvalue weighted by Gasteiger charge is -2.28. The van der Waals surface area contributed by atoms with E-state index in [-0.39, 0.29) is 47.2 Å². The number of pyridine rings is 1. The number of phenols is 1. The summed E-state index contributed by atoms with van der Waals surface area (Å²) < 4.78 is 5.25. The number of phenolic OH excluding ortho intramolecular Hbond substituents is 1. The number of hydrogen-bond donors (Lipinski definition) is 2. The highest BCUT2D eigenvalue weighted by molar-refractivity contribution is 6.04. The van der Waals surface area contributed by atoms with E-state index < -0.39 is 0 Å². The number of aromatic nitrogens is 1. The molecule has 0 saturated carbocycles. The van der Waals surface area contributed by atoms with Crippen LogP contribution in [0.2, 0.25) is 0 Å². The number of rotatable bonds is 5. The van der Waals surface area contributed by atoms with Gasteiger partial charge in [-0.1, -0.05) is 41.5 Å². The van der Waals surface area contributed by atoms with Crippen LogP contribution in [0.4, 0.5) is 0 Å². The zero-order valence-electron chi connectivity index (χ0n) is 20.9. The fourth-order valence-electron chi connectivity index (χ4n) is 4.09. The highest BCUT2D eigenvalue weighted by Gasteiger charge is 2.31. The fourth-order valence-corrected chi connectivity index (χ4v) is 4.09. The summed E-state index contributed by atoms with van der Waals surface area (Å²) in [6, 6.07) is 5.63. The maximum atomic E-state index is 13.3. The first-order valence-electron chi connectivity index (χ1n) is 11.0. The lowest BCUT2D eigenvalue weighted by molar-refractivity contribution is 0.0962. The molecule has 0 amide bonds. The number of fused-ring (bicyclic) bond motifs is 1. The van der Waals surface area contributed by atoms with Crippen molar-refractivity contribution >= 4 is 24.0 Å². The zero-order chi connectivity index (χ0) is 24.0. The third-order valence-corrected chi connectivity index (χ3v) is 5.98. The first kappa shape index (κ1) is 26.8. The van der Waals surface area contributed by atoms with Gasteiger partial charge >= 0.3 is 0 Å². The van der Waals surface area contributed by atoms with Crippen LogP contribution in [-0.2, 0) is 28.7 Å². The van der Waals surface area contributed by atoms with Crippen LogP contribution in [0.1, 0.15) is 85.5 Å². The molecule has 33 heavy (non-hydrogen) atoms. The summed E-state index contributed by atoms with van der Waals surface area (Å²) in [6.45, 7) is 15.1. The Hall–Kier alpha value is -2.44. The van der Waals surface area contributed by atoms with Gasteiger partial charge in [0.1, 0.15) is 17.3 Å². The van der Waals surface area contributed by atoms with Gasteiger partial charge in [-0.3, -0.25) is 10.2 Å². The molecule has 0 fully saturated rings. The number of carbonyl (C=O) groups is 1. The van der Waals surface area contributed by atoms with E-state index >= 15 is 0 Å². The molecule has 0 spiro atoms. The average Bonchev–Trinajstić information content (AvgIpc) is 2.95. The molecular weight excluding hydrogens is 438 g/mol. The SMILES string of the molecule is COCc1cc2c(nc1C)C(=N)N(CC(=O)c1cc(C(C)(C)C)c(O)c(C(C)(C)C)c1)C2.Cl. The normalized spacial score (nSPS) is 13.7. The summed E-state index contributed by atoms with van der Waals surface area (Å²) in [5.41, 5.74) is 4.87. The number of aryl methyl sites for hydroxylation is 1. The number of hydrogen-bond acceptors (Lipinski definition) is 5. The molecule has 6 nitrogen and oxygen atoms in total. The van der Waals surface area contributed by atoms with Gasteiger partial charge in [0.2, 0.25) is 0 Å². The fraction of sp³-hybridized carbons (Fsp3) is 0.500. The number of amidine groups is 1. The summed E-state index contributed by atoms with van der Waals surface area (Å²) in [5, 5.41) is 19.5. The van der Waals surface area contributed by atoms with Gasteiger partial charge in [-0.2, -0.15) is 0 Å². The van der Waals surface area contributed by atoms with Gasteiger partial charge in [0.25, 0.3) is 0 Å². The van der Waals surface area contributed by atoms with Crippen molar-refractivity contribution in [2.45, 2.75) is 72.4 Å². The Kier molecular flexibility index (Phi) is 7.66. The van der Waals surface area contributed by atoms with Crippen LogP contribution < -0.4 is 0 Å². The summed E-state index contributed by atoms with van der Waals surface area (Å²) in [6.07, 6.45) is 0. The molecule has 180 valence electrons. The second kappa shape index (κ2) is 9.43. The number of nitrogens with zero attached hydrogens (tertiary/aromatic N) is 2. The van der Waals surface area contributed by atoms with Gasteiger partial charge in [-0.25, -0.2) is 4.98 Å². The molecule has 1 aromatic carbocycles. The molecule has 0 radical (unpaired) electrons. The number of carbonyl (C=O) groups excluding carboxylic acids is 1. The van der Waals surface area contributed by atoms with Crippen molar-refractivity contribution in [1.29, 1.82) is 5.41 Å². The van der Waals surface area contributed by atoms with Crippen LogP contribution in [0.25, 0.3) is 0 Å². The van der Waals surface area contributed by atoms with Crippen LogP contribution in [0.5, 0.6) is 5.75 Å². The van der Waals surface area contributed by atoms with Gasteiger partial charge in [0.15, 0.2) is 5.78 Å². The summed E-state index contributed by atoms with van der Waals surface area (Å²) in [5.74, 6) is 0.451. The van der Waals surface area contributed by atoms with Crippen LogP contribution in [-0.4, -0.2) is 40.3 Å². The number of aromatic hydroxyl groups is 1. The molecule has 2 aromatic rings. The topological polar surface area (TPSA) is 86.5 Å². The van der Waals surface area contributed by atoms with Crippen molar-refractivity contribution < 1.29 is 14.6 Å². The Morgan fingerprint density at radius 2 is 1.67 bits per heavy atom. The van der Waals surface area contributed by atoms with Gasteiger partial charge in [0, 0.05) is 41.6 Å². The van der Waals surface area contributed by atoms with Crippen LogP contribution in [0.15, 0.2) is 18.2 Å². The highest BCUT2D eigenvalue weighted by atomic mass is 35.5. The maximum absolute atomic E-state index is 13.3. The number of halogens is 1. The lowest BCUT2D eigenvalue weighted by atomic mass is 9.78. The highest BCUT2D eigenvalue weighted by Crippen LogP contribution is 2.40. The van der Waals surface area contributed by atoms with E-state index in [1.54, 1.807) is 24.1 Å². The van der Waals surface area contributed by atoms with Gasteiger partial charge in [0.05, 0.1) is 13.2 Å². The summed E-state index contributed by atoms with van der Waals surface area (Å²) >= 11 is 0. The standard InChI is InChI=1S/C26H35N3O3.ClH/c1-15-18(14-32-8)9-17-12-29(24(27)22(17)28-15)13-21(30)16-10-19(25(2,3)4)23(31)20(11-16)26(5,6)7;/h9-11,27,31H,12-14H2,1-8H3;1H. The molecule has 7 heteroatoms. The lowest BCUT2D eigenvalue weighted by Crippen LogP contribution is -2.31. The quantitative estimate of drug-likeness (QED) is 0.576. The molecule has 3 rings (SSSR count). The second-order valence-electron chi connectivity index (χ2n) is 10.7. The van der Waals surface area contributed by atoms with Gasteiger partial charge in [-0.05, 0) is 41.5 Å². The first-order chi connectivity index (χ1) is 14.7. The van der Waals surface area contributed by atoms with Crippen molar-refractivity contribution in [1.82, 2.24) is 9.88 Å². The third-order valence-electron chi connectivity index (χ3n) is 5.98. The van der Waals surface area contributed by atoms with Gasteiger partial charge < -0.3 is 14.7 Å². The number of methoxy groups -OCH3 is 1. The predicted octanol–water partition coefficient (Wildman–Crippen LogP) is 5.28. The van der Waals surface area contributed by atoms with E-state index in [2.05, 4.69) is 4.98 Å². The average molecular weight is 474 g/mol. The first-order valence-corrected chi connectivity index (χ1v) is 11.0. The zero-order valence-corrected chi connectivity index (χ0v) is 21.7. The molecule has 2 heterocycles. The van der Waals surface area contributed by atoms with E-state index in [1.165, 1.54) is 0 Å². The molecular formula is C26H36ClN3O3. The van der Waals surface area contributed by atoms with E-state index in [1.807, 2.05) is 54.5 Å². The second-order valence-corrected chi connectivity index (χ2v) is 10.7. The summed E-state index contributed by atoms with van der Waals surface area (Å²) in [7, 11) is 1.65. The molecule has 0 bridgehead atoms. The summed E-state index contributed by atoms with van der Waals surface area (Å²) in [4.78, 5) is 19.7. The van der Waals surface area contributed by atoms with E-state index in [4.69, 9.17) is 10.1 Å². The molecule has 0 aliphatic carbocycles. The number of nitrogens with one attached hydrogen (secondary N) is 1. The molecule has 1 aliphatic rings. The van der Waals surface area contributed by atoms with Crippen LogP contribution in [0.3, 0.4) is 0 Å². The number of ketones is 1. The minimum atomic E-state index is -0.309. The Bertz CT molecular complexity index is 1050. The van der Waals surface area contributed by atoms with Crippen molar-refractivity contribution in [2.75, 3.05) is 13.7 Å². The molecule has 2 N–H and O–H groups in total. The van der Waals surface area contributed by atoms with Crippen molar-refractivity contribution in [2.24, 2.45) is 0 Å². The van der Waals surface area contributed by atoms with Crippen LogP contribution in [0, 0.1) is 12.3 Å². The minimum Gasteiger partial charge on any atom is -0.507 e. The number of benzene rings is 1. The van der Waals surface area contributed by atoms with E-state index in [0.29, 0.717) is 24.4 Å². The molecule has 0 unspecified atom stereocenters. The Morgan fingerprint density at radius 3 is 2.15 bits per heavy atom.